The van der Waals surface area contributed by atoms with Crippen molar-refractivity contribution in [2.75, 3.05) is 16.8 Å². The lowest BCUT2D eigenvalue weighted by Gasteiger charge is -2.24. The van der Waals surface area contributed by atoms with E-state index < -0.39 is 9.84 Å². The molecule has 0 amide bonds. The van der Waals surface area contributed by atoms with Crippen molar-refractivity contribution in [1.82, 2.24) is 5.32 Å². The third-order valence-corrected chi connectivity index (χ3v) is 4.87. The largest absolute Gasteiger partial charge is 0.359 e. The molecular weight excluding hydrogens is 268 g/mol. The van der Waals surface area contributed by atoms with Crippen LogP contribution in [-0.4, -0.2) is 31.1 Å². The number of sulfone groups is 1. The molecule has 0 aromatic heterocycles. The molecule has 0 saturated carbocycles. The summed E-state index contributed by atoms with van der Waals surface area (Å²) in [6.45, 7) is 0. The fourth-order valence-corrected chi connectivity index (χ4v) is 3.93. The van der Waals surface area contributed by atoms with Crippen LogP contribution in [0.4, 0.5) is 5.69 Å². The van der Waals surface area contributed by atoms with Crippen LogP contribution >= 0.6 is 12.2 Å². The molecule has 1 atom stereocenters. The maximum Gasteiger partial charge on any atom is 0.171 e. The van der Waals surface area contributed by atoms with Crippen molar-refractivity contribution in [2.45, 2.75) is 18.9 Å². The molecule has 6 heteroatoms. The molecule has 1 aliphatic heterocycles. The molecule has 0 radical (unpaired) electrons. The molecule has 4 nitrogen and oxygen atoms in total. The highest BCUT2D eigenvalue weighted by Crippen LogP contribution is 2.12. The quantitative estimate of drug-likeness (QED) is 0.807. The van der Waals surface area contributed by atoms with Crippen LogP contribution in [0.15, 0.2) is 30.3 Å². The predicted octanol–water partition coefficient (Wildman–Crippen LogP) is 1.55. The van der Waals surface area contributed by atoms with Crippen LogP contribution < -0.4 is 10.6 Å². The first kappa shape index (κ1) is 13.3. The Bertz CT molecular complexity index is 514. The van der Waals surface area contributed by atoms with Gasteiger partial charge in [0.2, 0.25) is 0 Å². The van der Waals surface area contributed by atoms with Gasteiger partial charge in [0.15, 0.2) is 14.9 Å². The van der Waals surface area contributed by atoms with E-state index in [9.17, 15) is 8.42 Å². The van der Waals surface area contributed by atoms with E-state index >= 15 is 0 Å². The zero-order valence-corrected chi connectivity index (χ0v) is 11.6. The van der Waals surface area contributed by atoms with Gasteiger partial charge in [-0.3, -0.25) is 0 Å². The van der Waals surface area contributed by atoms with Crippen LogP contribution in [-0.2, 0) is 9.84 Å². The summed E-state index contributed by atoms with van der Waals surface area (Å²) in [5.74, 6) is 0.466. The lowest BCUT2D eigenvalue weighted by Crippen LogP contribution is -2.44. The molecule has 1 unspecified atom stereocenters. The molecule has 0 bridgehead atoms. The third-order valence-electron chi connectivity index (χ3n) is 2.83. The van der Waals surface area contributed by atoms with Gasteiger partial charge in [0, 0.05) is 11.7 Å². The van der Waals surface area contributed by atoms with Crippen LogP contribution in [0.2, 0.25) is 0 Å². The zero-order valence-electron chi connectivity index (χ0n) is 9.93. The minimum Gasteiger partial charge on any atom is -0.359 e. The molecule has 98 valence electrons. The Labute approximate surface area is 113 Å². The number of anilines is 1. The van der Waals surface area contributed by atoms with E-state index in [0.29, 0.717) is 17.3 Å². The summed E-state index contributed by atoms with van der Waals surface area (Å²) >= 11 is 5.17. The summed E-state index contributed by atoms with van der Waals surface area (Å²) in [7, 11) is -2.90. The minimum absolute atomic E-state index is 0.0764. The molecule has 2 N–H and O–H groups in total. The van der Waals surface area contributed by atoms with Crippen molar-refractivity contribution in [3.63, 3.8) is 0 Å². The van der Waals surface area contributed by atoms with Crippen molar-refractivity contribution < 1.29 is 8.42 Å². The van der Waals surface area contributed by atoms with E-state index in [0.717, 1.165) is 12.1 Å². The van der Waals surface area contributed by atoms with E-state index in [2.05, 4.69) is 10.6 Å². The first-order valence-electron chi connectivity index (χ1n) is 5.88. The van der Waals surface area contributed by atoms with Crippen molar-refractivity contribution in [2.24, 2.45) is 0 Å². The molecule has 1 aliphatic rings. The average molecular weight is 284 g/mol. The number of rotatable bonds is 2. The predicted molar refractivity (Wildman–Crippen MR) is 77.5 cm³/mol. The van der Waals surface area contributed by atoms with Gasteiger partial charge in [-0.2, -0.15) is 0 Å². The molecule has 1 saturated heterocycles. The van der Waals surface area contributed by atoms with Gasteiger partial charge in [-0.05, 0) is 37.2 Å². The maximum absolute atomic E-state index is 11.5. The van der Waals surface area contributed by atoms with E-state index in [1.807, 2.05) is 30.3 Å². The van der Waals surface area contributed by atoms with Gasteiger partial charge in [0.05, 0.1) is 11.5 Å². The Kier molecular flexibility index (Phi) is 4.19. The summed E-state index contributed by atoms with van der Waals surface area (Å²) in [4.78, 5) is 0. The number of hydrogen-bond donors (Lipinski definition) is 2. The SMILES string of the molecule is O=S1(=O)CCCC(NC(=S)Nc2ccccc2)C1. The van der Waals surface area contributed by atoms with Crippen molar-refractivity contribution in [3.8, 4) is 0 Å². The Morgan fingerprint density at radius 1 is 1.28 bits per heavy atom. The van der Waals surface area contributed by atoms with Gasteiger partial charge >= 0.3 is 0 Å². The summed E-state index contributed by atoms with van der Waals surface area (Å²) in [6.07, 6.45) is 1.55. The smallest absolute Gasteiger partial charge is 0.171 e. The number of thiocarbonyl (C=S) groups is 1. The van der Waals surface area contributed by atoms with E-state index in [-0.39, 0.29) is 11.8 Å². The second-order valence-corrected chi connectivity index (χ2v) is 7.05. The van der Waals surface area contributed by atoms with Crippen LogP contribution in [0, 0.1) is 0 Å². The summed E-state index contributed by atoms with van der Waals surface area (Å²) < 4.78 is 23.0. The van der Waals surface area contributed by atoms with Crippen LogP contribution in [0.3, 0.4) is 0 Å². The van der Waals surface area contributed by atoms with Crippen molar-refractivity contribution in [1.29, 1.82) is 0 Å². The first-order valence-corrected chi connectivity index (χ1v) is 8.11. The van der Waals surface area contributed by atoms with Gasteiger partial charge in [-0.1, -0.05) is 18.2 Å². The second-order valence-electron chi connectivity index (χ2n) is 4.42. The van der Waals surface area contributed by atoms with Gasteiger partial charge in [0.1, 0.15) is 0 Å². The van der Waals surface area contributed by atoms with Crippen LogP contribution in [0.5, 0.6) is 0 Å². The second kappa shape index (κ2) is 5.67. The monoisotopic (exact) mass is 284 g/mol. The number of para-hydroxylation sites is 1. The number of nitrogens with one attached hydrogen (secondary N) is 2. The lowest BCUT2D eigenvalue weighted by molar-refractivity contribution is 0.532. The van der Waals surface area contributed by atoms with E-state index in [1.165, 1.54) is 0 Å². The van der Waals surface area contributed by atoms with Crippen LogP contribution in [0.25, 0.3) is 0 Å². The standard InChI is InChI=1S/C12H16N2O2S2/c15-18(16)8-4-7-11(9-18)14-12(17)13-10-5-2-1-3-6-10/h1-3,5-6,11H,4,7-9H2,(H2,13,14,17). The normalized spacial score (nSPS) is 22.1. The summed E-state index contributed by atoms with van der Waals surface area (Å²) in [6, 6.07) is 9.49. The topological polar surface area (TPSA) is 58.2 Å². The van der Waals surface area contributed by atoms with Crippen LogP contribution in [0.1, 0.15) is 12.8 Å². The van der Waals surface area contributed by atoms with Gasteiger partial charge in [-0.15, -0.1) is 0 Å². The maximum atomic E-state index is 11.5. The fraction of sp³-hybridized carbons (Fsp3) is 0.417. The first-order chi connectivity index (χ1) is 8.55. The lowest BCUT2D eigenvalue weighted by atomic mass is 10.2. The zero-order chi connectivity index (χ0) is 13.0. The Balaban J connectivity index is 1.88. The highest BCUT2D eigenvalue weighted by molar-refractivity contribution is 7.91. The van der Waals surface area contributed by atoms with Gasteiger partial charge in [0.25, 0.3) is 0 Å². The number of benzene rings is 1. The summed E-state index contributed by atoms with van der Waals surface area (Å²) in [5.41, 5.74) is 0.897. The van der Waals surface area contributed by atoms with Crippen molar-refractivity contribution in [3.05, 3.63) is 30.3 Å². The minimum atomic E-state index is -2.90. The molecular formula is C12H16N2O2S2. The third kappa shape index (κ3) is 3.96. The highest BCUT2D eigenvalue weighted by atomic mass is 32.2. The Morgan fingerprint density at radius 3 is 2.67 bits per heavy atom. The van der Waals surface area contributed by atoms with Gasteiger partial charge < -0.3 is 10.6 Å². The Hall–Kier alpha value is -1.14. The molecule has 1 heterocycles. The molecule has 1 aromatic carbocycles. The van der Waals surface area contributed by atoms with E-state index in [4.69, 9.17) is 12.2 Å². The fourth-order valence-electron chi connectivity index (χ4n) is 2.01. The summed E-state index contributed by atoms with van der Waals surface area (Å²) in [5, 5.41) is 6.58. The Morgan fingerprint density at radius 2 is 2.00 bits per heavy atom. The molecule has 1 aromatic rings. The highest BCUT2D eigenvalue weighted by Gasteiger charge is 2.24. The average Bonchev–Trinajstić information content (AvgIpc) is 2.28. The molecule has 18 heavy (non-hydrogen) atoms. The molecule has 1 fully saturated rings. The molecule has 2 rings (SSSR count). The van der Waals surface area contributed by atoms with Gasteiger partial charge in [-0.25, -0.2) is 8.42 Å². The number of hydrogen-bond acceptors (Lipinski definition) is 3. The van der Waals surface area contributed by atoms with Crippen molar-refractivity contribution >= 4 is 32.9 Å². The molecule has 0 spiro atoms. The van der Waals surface area contributed by atoms with E-state index in [1.54, 1.807) is 0 Å². The molecule has 0 aliphatic carbocycles.